The molecule has 0 atom stereocenters. The molecule has 0 aliphatic heterocycles. The van der Waals surface area contributed by atoms with E-state index in [1.165, 1.54) is 0 Å². The van der Waals surface area contributed by atoms with E-state index < -0.39 is 0 Å². The number of nitrogens with zero attached hydrogens (tertiary/aromatic N) is 1. The van der Waals surface area contributed by atoms with Gasteiger partial charge in [-0.2, -0.15) is 0 Å². The van der Waals surface area contributed by atoms with E-state index >= 15 is 0 Å². The first-order valence-corrected chi connectivity index (χ1v) is 5.60. The molecule has 1 aromatic heterocycles. The number of hydrogen-bond acceptors (Lipinski definition) is 3. The van der Waals surface area contributed by atoms with E-state index in [0.717, 1.165) is 15.8 Å². The van der Waals surface area contributed by atoms with E-state index in [1.54, 1.807) is 18.3 Å². The fourth-order valence-corrected chi connectivity index (χ4v) is 1.59. The third kappa shape index (κ3) is 2.52. The number of rotatable bonds is 2. The first kappa shape index (κ1) is 11.0. The lowest BCUT2D eigenvalue weighted by Gasteiger charge is -2.08. The van der Waals surface area contributed by atoms with Crippen LogP contribution >= 0.6 is 15.9 Å². The highest BCUT2D eigenvalue weighted by molar-refractivity contribution is 9.10. The number of hydrogen-bond donors (Lipinski definition) is 1. The molecule has 0 radical (unpaired) electrons. The summed E-state index contributed by atoms with van der Waals surface area (Å²) in [5.41, 5.74) is 7.23. The van der Waals surface area contributed by atoms with Crippen LogP contribution in [0.25, 0.3) is 0 Å². The van der Waals surface area contributed by atoms with Crippen molar-refractivity contribution in [2.75, 3.05) is 5.73 Å². The van der Waals surface area contributed by atoms with Crippen LogP contribution in [-0.4, -0.2) is 4.98 Å². The number of nitrogen functional groups attached to an aromatic ring is 1. The number of aryl methyl sites for hydroxylation is 1. The average molecular weight is 279 g/mol. The fourth-order valence-electron chi connectivity index (χ4n) is 1.25. The van der Waals surface area contributed by atoms with Crippen molar-refractivity contribution in [3.63, 3.8) is 0 Å². The largest absolute Gasteiger partial charge is 0.439 e. The van der Waals surface area contributed by atoms with Crippen LogP contribution in [0.4, 0.5) is 5.69 Å². The summed E-state index contributed by atoms with van der Waals surface area (Å²) in [5.74, 6) is 1.32. The number of nitrogens with two attached hydrogens (primary N) is 1. The van der Waals surface area contributed by atoms with Gasteiger partial charge in [-0.3, -0.25) is 0 Å². The number of anilines is 1. The summed E-state index contributed by atoms with van der Waals surface area (Å²) < 4.78 is 6.62. The standard InChI is InChI=1S/C12H11BrN2O/c1-8-2-3-9(13)6-11(8)16-12-5-4-10(14)7-15-12/h2-7H,14H2,1H3. The van der Waals surface area contributed by atoms with Crippen molar-refractivity contribution in [1.29, 1.82) is 0 Å². The molecule has 16 heavy (non-hydrogen) atoms. The molecule has 2 N–H and O–H groups in total. The molecule has 0 saturated carbocycles. The quantitative estimate of drug-likeness (QED) is 0.914. The van der Waals surface area contributed by atoms with Crippen molar-refractivity contribution < 1.29 is 4.74 Å². The Bertz CT molecular complexity index is 497. The fraction of sp³-hybridized carbons (Fsp3) is 0.0833. The molecule has 3 nitrogen and oxygen atoms in total. The molecule has 2 rings (SSSR count). The average Bonchev–Trinajstić information content (AvgIpc) is 2.27. The monoisotopic (exact) mass is 278 g/mol. The molecule has 4 heteroatoms. The normalized spacial score (nSPS) is 10.1. The molecule has 0 fully saturated rings. The summed E-state index contributed by atoms with van der Waals surface area (Å²) in [4.78, 5) is 4.08. The van der Waals surface area contributed by atoms with Gasteiger partial charge >= 0.3 is 0 Å². The van der Waals surface area contributed by atoms with Crippen molar-refractivity contribution in [1.82, 2.24) is 4.98 Å². The Morgan fingerprint density at radius 3 is 2.75 bits per heavy atom. The van der Waals surface area contributed by atoms with Crippen LogP contribution in [0, 0.1) is 6.92 Å². The molecule has 1 aromatic carbocycles. The lowest BCUT2D eigenvalue weighted by atomic mass is 10.2. The van der Waals surface area contributed by atoms with Crippen molar-refractivity contribution in [2.45, 2.75) is 6.92 Å². The molecule has 0 unspecified atom stereocenters. The molecular weight excluding hydrogens is 268 g/mol. The van der Waals surface area contributed by atoms with E-state index in [0.29, 0.717) is 11.6 Å². The molecule has 0 saturated heterocycles. The van der Waals surface area contributed by atoms with Crippen LogP contribution < -0.4 is 10.5 Å². The predicted octanol–water partition coefficient (Wildman–Crippen LogP) is 3.53. The molecule has 82 valence electrons. The van der Waals surface area contributed by atoms with Gasteiger partial charge in [-0.25, -0.2) is 4.98 Å². The topological polar surface area (TPSA) is 48.1 Å². The lowest BCUT2D eigenvalue weighted by Crippen LogP contribution is -1.91. The van der Waals surface area contributed by atoms with Crippen LogP contribution in [0.2, 0.25) is 0 Å². The second kappa shape index (κ2) is 4.53. The molecule has 1 heterocycles. The summed E-state index contributed by atoms with van der Waals surface area (Å²) >= 11 is 3.40. The second-order valence-electron chi connectivity index (χ2n) is 3.44. The van der Waals surface area contributed by atoms with Gasteiger partial charge in [0.1, 0.15) is 5.75 Å². The van der Waals surface area contributed by atoms with Gasteiger partial charge in [-0.05, 0) is 30.7 Å². The maximum absolute atomic E-state index is 5.65. The Morgan fingerprint density at radius 2 is 2.06 bits per heavy atom. The minimum atomic E-state index is 0.537. The van der Waals surface area contributed by atoms with Gasteiger partial charge in [-0.1, -0.05) is 22.0 Å². The summed E-state index contributed by atoms with van der Waals surface area (Å²) in [6, 6.07) is 9.37. The first-order valence-electron chi connectivity index (χ1n) is 4.81. The predicted molar refractivity (Wildman–Crippen MR) is 67.6 cm³/mol. The molecule has 2 aromatic rings. The van der Waals surface area contributed by atoms with E-state index in [1.807, 2.05) is 25.1 Å². The Hall–Kier alpha value is -1.55. The van der Waals surface area contributed by atoms with Crippen molar-refractivity contribution in [3.8, 4) is 11.6 Å². The third-order valence-electron chi connectivity index (χ3n) is 2.12. The molecular formula is C12H11BrN2O. The highest BCUT2D eigenvalue weighted by Crippen LogP contribution is 2.27. The number of pyridine rings is 1. The number of aromatic nitrogens is 1. The smallest absolute Gasteiger partial charge is 0.219 e. The maximum atomic E-state index is 5.65. The van der Waals surface area contributed by atoms with Gasteiger partial charge in [0.15, 0.2) is 0 Å². The molecule has 0 spiro atoms. The summed E-state index contributed by atoms with van der Waals surface area (Å²) in [6.07, 6.45) is 1.57. The van der Waals surface area contributed by atoms with Crippen LogP contribution in [0.15, 0.2) is 41.0 Å². The van der Waals surface area contributed by atoms with E-state index in [9.17, 15) is 0 Å². The SMILES string of the molecule is Cc1ccc(Br)cc1Oc1ccc(N)cn1. The van der Waals surface area contributed by atoms with Crippen LogP contribution in [-0.2, 0) is 0 Å². The molecule has 0 aliphatic carbocycles. The minimum Gasteiger partial charge on any atom is -0.439 e. The summed E-state index contributed by atoms with van der Waals surface area (Å²) in [5, 5.41) is 0. The van der Waals surface area contributed by atoms with Crippen molar-refractivity contribution in [2.24, 2.45) is 0 Å². The number of ether oxygens (including phenoxy) is 1. The third-order valence-corrected chi connectivity index (χ3v) is 2.62. The first-order chi connectivity index (χ1) is 7.65. The zero-order valence-corrected chi connectivity index (χ0v) is 10.4. The van der Waals surface area contributed by atoms with Crippen LogP contribution in [0.5, 0.6) is 11.6 Å². The lowest BCUT2D eigenvalue weighted by molar-refractivity contribution is 0.459. The van der Waals surface area contributed by atoms with Gasteiger partial charge < -0.3 is 10.5 Å². The van der Waals surface area contributed by atoms with Gasteiger partial charge in [0.2, 0.25) is 5.88 Å². The molecule has 0 bridgehead atoms. The number of halogens is 1. The summed E-state index contributed by atoms with van der Waals surface area (Å²) in [6.45, 7) is 1.99. The summed E-state index contributed by atoms with van der Waals surface area (Å²) in [7, 11) is 0. The van der Waals surface area contributed by atoms with Crippen molar-refractivity contribution >= 4 is 21.6 Å². The minimum absolute atomic E-state index is 0.537. The Morgan fingerprint density at radius 1 is 1.25 bits per heavy atom. The van der Waals surface area contributed by atoms with Crippen LogP contribution in [0.3, 0.4) is 0 Å². The van der Waals surface area contributed by atoms with E-state index in [2.05, 4.69) is 20.9 Å². The van der Waals surface area contributed by atoms with Crippen molar-refractivity contribution in [3.05, 3.63) is 46.6 Å². The maximum Gasteiger partial charge on any atom is 0.219 e. The van der Waals surface area contributed by atoms with Gasteiger partial charge in [-0.15, -0.1) is 0 Å². The Labute approximate surface area is 102 Å². The highest BCUT2D eigenvalue weighted by Gasteiger charge is 2.02. The Balaban J connectivity index is 2.26. The van der Waals surface area contributed by atoms with Gasteiger partial charge in [0, 0.05) is 10.5 Å². The van der Waals surface area contributed by atoms with Gasteiger partial charge in [0.05, 0.1) is 11.9 Å². The zero-order chi connectivity index (χ0) is 11.5. The van der Waals surface area contributed by atoms with Gasteiger partial charge in [0.25, 0.3) is 0 Å². The van der Waals surface area contributed by atoms with E-state index in [-0.39, 0.29) is 0 Å². The van der Waals surface area contributed by atoms with Crippen LogP contribution in [0.1, 0.15) is 5.56 Å². The molecule has 0 aliphatic rings. The highest BCUT2D eigenvalue weighted by atomic mass is 79.9. The molecule has 0 amide bonds. The van der Waals surface area contributed by atoms with E-state index in [4.69, 9.17) is 10.5 Å². The second-order valence-corrected chi connectivity index (χ2v) is 4.36. The Kier molecular flexibility index (Phi) is 3.10. The number of benzene rings is 1. The zero-order valence-electron chi connectivity index (χ0n) is 8.77.